The van der Waals surface area contributed by atoms with Crippen molar-refractivity contribution in [3.8, 4) is 11.5 Å². The zero-order chi connectivity index (χ0) is 17.8. The molecular formula is C18H17ClN2O4. The highest BCUT2D eigenvalue weighted by Gasteiger charge is 2.17. The van der Waals surface area contributed by atoms with Crippen molar-refractivity contribution in [1.82, 2.24) is 0 Å². The van der Waals surface area contributed by atoms with Crippen LogP contribution in [0, 0.1) is 0 Å². The standard InChI is InChI=1S/C18H17ClN2O4/c1-11(22)20-13-2-4-14(5-3-13)21-17(23)10-12-8-15(19)18-16(9-12)24-6-7-25-18/h2-5,8-9H,6-7,10H2,1H3,(H,20,22)(H,21,23). The summed E-state index contributed by atoms with van der Waals surface area (Å²) in [6, 6.07) is 10.4. The number of rotatable bonds is 4. The zero-order valence-corrected chi connectivity index (χ0v) is 14.4. The first-order valence-electron chi connectivity index (χ1n) is 7.77. The van der Waals surface area contributed by atoms with Crippen LogP contribution in [0.3, 0.4) is 0 Å². The minimum Gasteiger partial charge on any atom is -0.486 e. The Morgan fingerprint density at radius 2 is 1.68 bits per heavy atom. The number of amides is 2. The van der Waals surface area contributed by atoms with Gasteiger partial charge in [0, 0.05) is 18.3 Å². The first-order chi connectivity index (χ1) is 12.0. The number of halogens is 1. The average Bonchev–Trinajstić information content (AvgIpc) is 2.56. The van der Waals surface area contributed by atoms with Gasteiger partial charge in [0.2, 0.25) is 11.8 Å². The lowest BCUT2D eigenvalue weighted by Gasteiger charge is -2.20. The summed E-state index contributed by atoms with van der Waals surface area (Å²) in [4.78, 5) is 23.2. The maximum absolute atomic E-state index is 12.2. The van der Waals surface area contributed by atoms with Crippen molar-refractivity contribution in [3.05, 3.63) is 47.0 Å². The molecule has 0 bridgehead atoms. The number of ether oxygens (including phenoxy) is 2. The van der Waals surface area contributed by atoms with E-state index in [1.54, 1.807) is 36.4 Å². The molecule has 7 heteroatoms. The first-order valence-corrected chi connectivity index (χ1v) is 8.14. The summed E-state index contributed by atoms with van der Waals surface area (Å²) in [7, 11) is 0. The summed E-state index contributed by atoms with van der Waals surface area (Å²) >= 11 is 6.18. The molecule has 2 aromatic carbocycles. The SMILES string of the molecule is CC(=O)Nc1ccc(NC(=O)Cc2cc(Cl)c3c(c2)OCCO3)cc1. The van der Waals surface area contributed by atoms with Crippen LogP contribution in [0.15, 0.2) is 36.4 Å². The number of carbonyl (C=O) groups excluding carboxylic acids is 2. The third kappa shape index (κ3) is 4.42. The normalized spacial score (nSPS) is 12.4. The Hall–Kier alpha value is -2.73. The van der Waals surface area contributed by atoms with Gasteiger partial charge in [-0.2, -0.15) is 0 Å². The van der Waals surface area contributed by atoms with Crippen LogP contribution in [-0.4, -0.2) is 25.0 Å². The average molecular weight is 361 g/mol. The molecule has 2 amide bonds. The van der Waals surface area contributed by atoms with E-state index in [2.05, 4.69) is 10.6 Å². The molecule has 0 unspecified atom stereocenters. The van der Waals surface area contributed by atoms with E-state index < -0.39 is 0 Å². The van der Waals surface area contributed by atoms with Crippen LogP contribution in [0.4, 0.5) is 11.4 Å². The van der Waals surface area contributed by atoms with E-state index in [0.29, 0.717) is 41.1 Å². The van der Waals surface area contributed by atoms with Crippen molar-refractivity contribution >= 4 is 34.8 Å². The van der Waals surface area contributed by atoms with Crippen molar-refractivity contribution in [2.75, 3.05) is 23.8 Å². The summed E-state index contributed by atoms with van der Waals surface area (Å²) in [5.74, 6) is 0.749. The van der Waals surface area contributed by atoms with Crippen LogP contribution in [0.25, 0.3) is 0 Å². The summed E-state index contributed by atoms with van der Waals surface area (Å²) in [6.07, 6.45) is 0.157. The molecule has 2 N–H and O–H groups in total. The third-order valence-corrected chi connectivity index (χ3v) is 3.79. The van der Waals surface area contributed by atoms with Crippen LogP contribution in [0.1, 0.15) is 12.5 Å². The number of carbonyl (C=O) groups is 2. The quantitative estimate of drug-likeness (QED) is 0.877. The highest BCUT2D eigenvalue weighted by Crippen LogP contribution is 2.38. The van der Waals surface area contributed by atoms with Gasteiger partial charge in [-0.15, -0.1) is 0 Å². The zero-order valence-electron chi connectivity index (χ0n) is 13.6. The van der Waals surface area contributed by atoms with E-state index in [0.717, 1.165) is 5.56 Å². The molecule has 1 heterocycles. The molecule has 0 aromatic heterocycles. The molecule has 6 nitrogen and oxygen atoms in total. The largest absolute Gasteiger partial charge is 0.486 e. The predicted octanol–water partition coefficient (Wildman–Crippen LogP) is 3.25. The van der Waals surface area contributed by atoms with Gasteiger partial charge in [-0.1, -0.05) is 11.6 Å². The number of fused-ring (bicyclic) bond motifs is 1. The van der Waals surface area contributed by atoms with Crippen LogP contribution >= 0.6 is 11.6 Å². The van der Waals surface area contributed by atoms with Crippen molar-refractivity contribution in [2.24, 2.45) is 0 Å². The van der Waals surface area contributed by atoms with Gasteiger partial charge in [0.15, 0.2) is 11.5 Å². The molecule has 0 fully saturated rings. The Bertz CT molecular complexity index is 805. The molecule has 0 aliphatic carbocycles. The molecule has 0 saturated heterocycles. The van der Waals surface area contributed by atoms with Crippen molar-refractivity contribution in [3.63, 3.8) is 0 Å². The van der Waals surface area contributed by atoms with Crippen LogP contribution in [0.2, 0.25) is 5.02 Å². The Balaban J connectivity index is 1.64. The lowest BCUT2D eigenvalue weighted by molar-refractivity contribution is -0.116. The molecule has 0 saturated carbocycles. The van der Waals surface area contributed by atoms with Gasteiger partial charge in [-0.05, 0) is 42.0 Å². The monoisotopic (exact) mass is 360 g/mol. The maximum atomic E-state index is 12.2. The van der Waals surface area contributed by atoms with Gasteiger partial charge >= 0.3 is 0 Å². The lowest BCUT2D eigenvalue weighted by Crippen LogP contribution is -2.17. The van der Waals surface area contributed by atoms with Gasteiger partial charge in [0.1, 0.15) is 13.2 Å². The van der Waals surface area contributed by atoms with E-state index >= 15 is 0 Å². The van der Waals surface area contributed by atoms with Crippen molar-refractivity contribution < 1.29 is 19.1 Å². The van der Waals surface area contributed by atoms with Crippen molar-refractivity contribution in [1.29, 1.82) is 0 Å². The molecule has 2 aromatic rings. The topological polar surface area (TPSA) is 76.7 Å². The molecule has 3 rings (SSSR count). The van der Waals surface area contributed by atoms with Gasteiger partial charge in [0.05, 0.1) is 11.4 Å². The molecule has 25 heavy (non-hydrogen) atoms. The molecule has 130 valence electrons. The minimum atomic E-state index is -0.181. The van der Waals surface area contributed by atoms with E-state index in [9.17, 15) is 9.59 Å². The number of hydrogen-bond acceptors (Lipinski definition) is 4. The Morgan fingerprint density at radius 3 is 2.36 bits per heavy atom. The summed E-state index contributed by atoms with van der Waals surface area (Å²) < 4.78 is 11.0. The van der Waals surface area contributed by atoms with Gasteiger partial charge in [0.25, 0.3) is 0 Å². The molecule has 1 aliphatic rings. The fraction of sp³-hybridized carbons (Fsp3) is 0.222. The number of hydrogen-bond donors (Lipinski definition) is 2. The van der Waals surface area contributed by atoms with Gasteiger partial charge in [-0.3, -0.25) is 9.59 Å². The minimum absolute atomic E-state index is 0.146. The van der Waals surface area contributed by atoms with E-state index in [-0.39, 0.29) is 18.2 Å². The smallest absolute Gasteiger partial charge is 0.228 e. The van der Waals surface area contributed by atoms with Gasteiger partial charge < -0.3 is 20.1 Å². The molecular weight excluding hydrogens is 344 g/mol. The fourth-order valence-electron chi connectivity index (χ4n) is 2.50. The second-order valence-corrected chi connectivity index (χ2v) is 5.99. The third-order valence-electron chi connectivity index (χ3n) is 3.51. The van der Waals surface area contributed by atoms with E-state index in [1.165, 1.54) is 6.92 Å². The Kier molecular flexibility index (Phi) is 5.09. The fourth-order valence-corrected chi connectivity index (χ4v) is 2.78. The second kappa shape index (κ2) is 7.44. The Morgan fingerprint density at radius 1 is 1.04 bits per heavy atom. The molecule has 0 radical (unpaired) electrons. The van der Waals surface area contributed by atoms with Gasteiger partial charge in [-0.25, -0.2) is 0 Å². The Labute approximate surface area is 150 Å². The van der Waals surface area contributed by atoms with E-state index in [4.69, 9.17) is 21.1 Å². The molecule has 0 atom stereocenters. The number of anilines is 2. The lowest BCUT2D eigenvalue weighted by atomic mass is 10.1. The van der Waals surface area contributed by atoms with Crippen molar-refractivity contribution in [2.45, 2.75) is 13.3 Å². The second-order valence-electron chi connectivity index (χ2n) is 5.59. The summed E-state index contributed by atoms with van der Waals surface area (Å²) in [5, 5.41) is 5.90. The first kappa shape index (κ1) is 17.1. The number of nitrogens with one attached hydrogen (secondary N) is 2. The van der Waals surface area contributed by atoms with E-state index in [1.807, 2.05) is 0 Å². The molecule has 1 aliphatic heterocycles. The summed E-state index contributed by atoms with van der Waals surface area (Å²) in [5.41, 5.74) is 2.05. The highest BCUT2D eigenvalue weighted by atomic mass is 35.5. The van der Waals surface area contributed by atoms with Crippen LogP contribution in [0.5, 0.6) is 11.5 Å². The summed E-state index contributed by atoms with van der Waals surface area (Å²) in [6.45, 7) is 2.36. The van der Waals surface area contributed by atoms with Crippen LogP contribution < -0.4 is 20.1 Å². The molecule has 0 spiro atoms. The predicted molar refractivity (Wildman–Crippen MR) is 95.5 cm³/mol. The maximum Gasteiger partial charge on any atom is 0.228 e. The number of benzene rings is 2. The highest BCUT2D eigenvalue weighted by molar-refractivity contribution is 6.32. The van der Waals surface area contributed by atoms with Crippen LogP contribution in [-0.2, 0) is 16.0 Å².